The highest BCUT2D eigenvalue weighted by molar-refractivity contribution is 5.67. The van der Waals surface area contributed by atoms with Crippen LogP contribution in [0.25, 0.3) is 0 Å². The monoisotopic (exact) mass is 277 g/mol. The summed E-state index contributed by atoms with van der Waals surface area (Å²) in [6.07, 6.45) is 6.81. The number of carbonyl (C=O) groups is 1. The first kappa shape index (κ1) is 16.5. The van der Waals surface area contributed by atoms with E-state index >= 15 is 0 Å². The van der Waals surface area contributed by atoms with E-state index in [-0.39, 0.29) is 12.2 Å². The molecule has 1 aromatic carbocycles. The number of alkyl carbamates (subject to hydrolysis) is 1. The molecule has 3 nitrogen and oxygen atoms in total. The van der Waals surface area contributed by atoms with Gasteiger partial charge in [-0.15, -0.1) is 0 Å². The van der Waals surface area contributed by atoms with Crippen molar-refractivity contribution in [3.63, 3.8) is 0 Å². The van der Waals surface area contributed by atoms with Crippen LogP contribution in [0.3, 0.4) is 0 Å². The molecular formula is C17H27NO2. The van der Waals surface area contributed by atoms with Crippen molar-refractivity contribution in [2.75, 3.05) is 0 Å². The fraction of sp³-hybridized carbons (Fsp3) is 0.588. The van der Waals surface area contributed by atoms with E-state index in [9.17, 15) is 4.79 Å². The lowest BCUT2D eigenvalue weighted by atomic mass is 10.1. The van der Waals surface area contributed by atoms with Crippen LogP contribution >= 0.6 is 0 Å². The van der Waals surface area contributed by atoms with Crippen LogP contribution in [0.4, 0.5) is 4.79 Å². The van der Waals surface area contributed by atoms with E-state index in [4.69, 9.17) is 4.74 Å². The number of hydrogen-bond donors (Lipinski definition) is 1. The van der Waals surface area contributed by atoms with Crippen molar-refractivity contribution in [1.29, 1.82) is 0 Å². The predicted octanol–water partition coefficient (Wildman–Crippen LogP) is 4.66. The molecule has 0 bridgehead atoms. The van der Waals surface area contributed by atoms with Gasteiger partial charge in [0.05, 0.1) is 0 Å². The summed E-state index contributed by atoms with van der Waals surface area (Å²) < 4.78 is 5.33. The highest BCUT2D eigenvalue weighted by atomic mass is 16.6. The molecule has 0 spiro atoms. The van der Waals surface area contributed by atoms with E-state index in [1.807, 2.05) is 37.3 Å². The third-order valence-corrected chi connectivity index (χ3v) is 3.30. The van der Waals surface area contributed by atoms with Gasteiger partial charge in [-0.05, 0) is 25.3 Å². The minimum Gasteiger partial charge on any atom is -0.447 e. The fourth-order valence-corrected chi connectivity index (χ4v) is 2.09. The van der Waals surface area contributed by atoms with Crippen LogP contribution in [0.2, 0.25) is 0 Å². The third kappa shape index (κ3) is 7.82. The zero-order chi connectivity index (χ0) is 14.6. The molecule has 1 N–H and O–H groups in total. The van der Waals surface area contributed by atoms with Crippen LogP contribution < -0.4 is 5.32 Å². The topological polar surface area (TPSA) is 38.3 Å². The Morgan fingerprint density at radius 1 is 1.15 bits per heavy atom. The van der Waals surface area contributed by atoms with Crippen LogP contribution in [0.5, 0.6) is 0 Å². The van der Waals surface area contributed by atoms with Gasteiger partial charge in [-0.1, -0.05) is 62.9 Å². The van der Waals surface area contributed by atoms with Crippen LogP contribution in [0, 0.1) is 0 Å². The second-order valence-electron chi connectivity index (χ2n) is 5.26. The molecule has 3 heteroatoms. The lowest BCUT2D eigenvalue weighted by molar-refractivity contribution is 0.100. The lowest BCUT2D eigenvalue weighted by Crippen LogP contribution is -2.27. The average Bonchev–Trinajstić information content (AvgIpc) is 2.46. The maximum Gasteiger partial charge on any atom is 0.407 e. The minimum atomic E-state index is -0.324. The number of carbonyl (C=O) groups excluding carboxylic acids is 1. The molecule has 1 unspecified atom stereocenters. The maximum absolute atomic E-state index is 11.6. The number of hydrogen-bond acceptors (Lipinski definition) is 2. The van der Waals surface area contributed by atoms with Crippen LogP contribution in [0.1, 0.15) is 57.9 Å². The molecule has 1 amide bonds. The van der Waals surface area contributed by atoms with Gasteiger partial charge in [0.1, 0.15) is 6.10 Å². The predicted molar refractivity (Wildman–Crippen MR) is 82.6 cm³/mol. The van der Waals surface area contributed by atoms with E-state index in [1.54, 1.807) is 0 Å². The van der Waals surface area contributed by atoms with E-state index in [2.05, 4.69) is 12.2 Å². The molecule has 1 aromatic rings. The smallest absolute Gasteiger partial charge is 0.407 e. The maximum atomic E-state index is 11.6. The van der Waals surface area contributed by atoms with Gasteiger partial charge in [-0.25, -0.2) is 4.79 Å². The summed E-state index contributed by atoms with van der Waals surface area (Å²) in [6, 6.07) is 9.85. The number of rotatable bonds is 9. The first-order valence-electron chi connectivity index (χ1n) is 7.70. The van der Waals surface area contributed by atoms with Crippen molar-refractivity contribution in [1.82, 2.24) is 5.32 Å². The Labute approximate surface area is 122 Å². The van der Waals surface area contributed by atoms with Gasteiger partial charge in [0.25, 0.3) is 0 Å². The Balaban J connectivity index is 2.09. The third-order valence-electron chi connectivity index (χ3n) is 3.30. The number of unbranched alkanes of at least 4 members (excludes halogenated alkanes) is 4. The Morgan fingerprint density at radius 2 is 1.85 bits per heavy atom. The Morgan fingerprint density at radius 3 is 2.55 bits per heavy atom. The van der Waals surface area contributed by atoms with Gasteiger partial charge in [-0.2, -0.15) is 0 Å². The van der Waals surface area contributed by atoms with Gasteiger partial charge in [0.15, 0.2) is 0 Å². The molecule has 0 saturated heterocycles. The molecular weight excluding hydrogens is 250 g/mol. The molecule has 0 aromatic heterocycles. The molecule has 0 aliphatic carbocycles. The van der Waals surface area contributed by atoms with E-state index in [1.165, 1.54) is 25.7 Å². The van der Waals surface area contributed by atoms with E-state index in [0.29, 0.717) is 6.54 Å². The van der Waals surface area contributed by atoms with Crippen molar-refractivity contribution < 1.29 is 9.53 Å². The van der Waals surface area contributed by atoms with Gasteiger partial charge >= 0.3 is 6.09 Å². The van der Waals surface area contributed by atoms with E-state index < -0.39 is 0 Å². The first-order chi connectivity index (χ1) is 9.72. The molecule has 0 fully saturated rings. The summed E-state index contributed by atoms with van der Waals surface area (Å²) in [5, 5.41) is 2.78. The Bertz CT molecular complexity index is 365. The summed E-state index contributed by atoms with van der Waals surface area (Å²) in [5.41, 5.74) is 1.08. The Hall–Kier alpha value is -1.51. The van der Waals surface area contributed by atoms with Crippen LogP contribution in [-0.2, 0) is 11.3 Å². The summed E-state index contributed by atoms with van der Waals surface area (Å²) >= 11 is 0. The highest BCUT2D eigenvalue weighted by Crippen LogP contribution is 2.09. The zero-order valence-electron chi connectivity index (χ0n) is 12.7. The number of benzene rings is 1. The molecule has 0 heterocycles. The molecule has 1 rings (SSSR count). The number of nitrogens with one attached hydrogen (secondary N) is 1. The van der Waals surface area contributed by atoms with Crippen LogP contribution in [-0.4, -0.2) is 12.2 Å². The lowest BCUT2D eigenvalue weighted by Gasteiger charge is -2.13. The van der Waals surface area contributed by atoms with E-state index in [0.717, 1.165) is 18.4 Å². The fourth-order valence-electron chi connectivity index (χ4n) is 2.09. The highest BCUT2D eigenvalue weighted by Gasteiger charge is 2.08. The van der Waals surface area contributed by atoms with Crippen molar-refractivity contribution >= 4 is 6.09 Å². The SMILES string of the molecule is CCCCCCCC(C)OC(=O)NCc1ccccc1. The summed E-state index contributed by atoms with van der Waals surface area (Å²) in [6.45, 7) is 4.69. The van der Waals surface area contributed by atoms with Crippen molar-refractivity contribution in [2.45, 2.75) is 65.0 Å². The molecule has 0 aliphatic rings. The molecule has 20 heavy (non-hydrogen) atoms. The van der Waals surface area contributed by atoms with Crippen molar-refractivity contribution in [2.24, 2.45) is 0 Å². The average molecular weight is 277 g/mol. The molecule has 112 valence electrons. The summed E-state index contributed by atoms with van der Waals surface area (Å²) in [5.74, 6) is 0. The quantitative estimate of drug-likeness (QED) is 0.666. The molecule has 0 aliphatic heterocycles. The van der Waals surface area contributed by atoms with Crippen molar-refractivity contribution in [3.8, 4) is 0 Å². The summed E-state index contributed by atoms with van der Waals surface area (Å²) in [4.78, 5) is 11.6. The Kier molecular flexibility index (Phi) is 8.52. The number of amides is 1. The second kappa shape index (κ2) is 10.3. The van der Waals surface area contributed by atoms with Gasteiger partial charge in [-0.3, -0.25) is 0 Å². The molecule has 0 radical (unpaired) electrons. The zero-order valence-corrected chi connectivity index (χ0v) is 12.7. The van der Waals surface area contributed by atoms with Gasteiger partial charge in [0, 0.05) is 6.54 Å². The second-order valence-corrected chi connectivity index (χ2v) is 5.26. The number of ether oxygens (including phenoxy) is 1. The van der Waals surface area contributed by atoms with Gasteiger partial charge < -0.3 is 10.1 Å². The molecule has 1 atom stereocenters. The minimum absolute atomic E-state index is 0.00704. The van der Waals surface area contributed by atoms with Crippen molar-refractivity contribution in [3.05, 3.63) is 35.9 Å². The standard InChI is InChI=1S/C17H27NO2/c1-3-4-5-6-8-11-15(2)20-17(19)18-14-16-12-9-7-10-13-16/h7,9-10,12-13,15H,3-6,8,11,14H2,1-2H3,(H,18,19). The molecule has 0 saturated carbocycles. The first-order valence-corrected chi connectivity index (χ1v) is 7.70. The largest absolute Gasteiger partial charge is 0.447 e. The van der Waals surface area contributed by atoms with Gasteiger partial charge in [0.2, 0.25) is 0 Å². The normalized spacial score (nSPS) is 11.9. The summed E-state index contributed by atoms with van der Waals surface area (Å²) in [7, 11) is 0. The van der Waals surface area contributed by atoms with Crippen LogP contribution in [0.15, 0.2) is 30.3 Å².